The number of hydrogen-bond donors (Lipinski definition) is 1. The largest absolute Gasteiger partial charge is 0.465 e. The molecule has 17 heavy (non-hydrogen) atoms. The van der Waals surface area contributed by atoms with E-state index in [9.17, 15) is 4.79 Å². The fourth-order valence-corrected chi connectivity index (χ4v) is 2.15. The molecule has 1 rings (SSSR count). The van der Waals surface area contributed by atoms with Crippen molar-refractivity contribution in [2.75, 3.05) is 24.4 Å². The van der Waals surface area contributed by atoms with E-state index in [2.05, 4.69) is 28.2 Å². The number of thioether (sulfide) groups is 1. The standard InChI is InChI=1S/C12H18N2O2S/c1-4-10(8-17-3)14-11-7-9(5-6-13-11)12(15)16-2/h5-7,10H,4,8H2,1-3H3,(H,13,14). The summed E-state index contributed by atoms with van der Waals surface area (Å²) in [5.41, 5.74) is 0.518. The average Bonchev–Trinajstić information content (AvgIpc) is 2.37. The van der Waals surface area contributed by atoms with Gasteiger partial charge < -0.3 is 10.1 Å². The molecule has 1 N–H and O–H groups in total. The summed E-state index contributed by atoms with van der Waals surface area (Å²) in [7, 11) is 1.37. The van der Waals surface area contributed by atoms with Crippen LogP contribution in [-0.4, -0.2) is 36.1 Å². The Morgan fingerprint density at radius 2 is 2.41 bits per heavy atom. The number of ether oxygens (including phenoxy) is 1. The van der Waals surface area contributed by atoms with Crippen LogP contribution < -0.4 is 5.32 Å². The predicted molar refractivity (Wildman–Crippen MR) is 71.7 cm³/mol. The molecule has 5 heteroatoms. The molecule has 1 aromatic heterocycles. The summed E-state index contributed by atoms with van der Waals surface area (Å²) in [6.07, 6.45) is 4.70. The molecule has 94 valence electrons. The van der Waals surface area contributed by atoms with E-state index in [0.29, 0.717) is 17.4 Å². The highest BCUT2D eigenvalue weighted by Crippen LogP contribution is 2.12. The first-order valence-electron chi connectivity index (χ1n) is 5.51. The Morgan fingerprint density at radius 3 is 3.00 bits per heavy atom. The van der Waals surface area contributed by atoms with E-state index in [1.54, 1.807) is 30.1 Å². The number of nitrogens with zero attached hydrogens (tertiary/aromatic N) is 1. The number of pyridine rings is 1. The molecule has 0 saturated carbocycles. The van der Waals surface area contributed by atoms with Gasteiger partial charge in [0.2, 0.25) is 0 Å². The van der Waals surface area contributed by atoms with Gasteiger partial charge in [-0.05, 0) is 24.8 Å². The summed E-state index contributed by atoms with van der Waals surface area (Å²) in [6.45, 7) is 2.12. The Kier molecular flexibility index (Phi) is 5.83. The molecule has 0 bridgehead atoms. The molecule has 1 aromatic rings. The van der Waals surface area contributed by atoms with Crippen molar-refractivity contribution in [3.05, 3.63) is 23.9 Å². The maximum absolute atomic E-state index is 11.4. The van der Waals surface area contributed by atoms with E-state index < -0.39 is 0 Å². The van der Waals surface area contributed by atoms with Crippen molar-refractivity contribution in [2.45, 2.75) is 19.4 Å². The molecule has 0 aromatic carbocycles. The normalized spacial score (nSPS) is 11.9. The van der Waals surface area contributed by atoms with E-state index in [4.69, 9.17) is 0 Å². The summed E-state index contributed by atoms with van der Waals surface area (Å²) in [6, 6.07) is 3.73. The van der Waals surface area contributed by atoms with Gasteiger partial charge in [0.1, 0.15) is 5.82 Å². The van der Waals surface area contributed by atoms with E-state index in [0.717, 1.165) is 12.2 Å². The minimum Gasteiger partial charge on any atom is -0.465 e. The lowest BCUT2D eigenvalue weighted by Gasteiger charge is -2.16. The lowest BCUT2D eigenvalue weighted by Crippen LogP contribution is -2.22. The third kappa shape index (κ3) is 4.26. The Balaban J connectivity index is 2.74. The minimum atomic E-state index is -0.339. The van der Waals surface area contributed by atoms with Crippen LogP contribution >= 0.6 is 11.8 Å². The zero-order valence-corrected chi connectivity index (χ0v) is 11.2. The first-order valence-corrected chi connectivity index (χ1v) is 6.90. The van der Waals surface area contributed by atoms with Gasteiger partial charge in [0.15, 0.2) is 0 Å². The molecular formula is C12H18N2O2S. The van der Waals surface area contributed by atoms with E-state index in [1.807, 2.05) is 0 Å². The molecule has 1 heterocycles. The van der Waals surface area contributed by atoms with Gasteiger partial charge in [0, 0.05) is 18.0 Å². The first kappa shape index (κ1) is 13.8. The zero-order chi connectivity index (χ0) is 12.7. The number of aromatic nitrogens is 1. The molecule has 0 aliphatic carbocycles. The van der Waals surface area contributed by atoms with Crippen LogP contribution in [-0.2, 0) is 4.74 Å². The second kappa shape index (κ2) is 7.17. The van der Waals surface area contributed by atoms with Crippen LogP contribution in [0.1, 0.15) is 23.7 Å². The van der Waals surface area contributed by atoms with Crippen molar-refractivity contribution in [3.8, 4) is 0 Å². The van der Waals surface area contributed by atoms with Gasteiger partial charge in [0.25, 0.3) is 0 Å². The Hall–Kier alpha value is -1.23. The van der Waals surface area contributed by atoms with Crippen LogP contribution in [0.3, 0.4) is 0 Å². The highest BCUT2D eigenvalue weighted by atomic mass is 32.2. The highest BCUT2D eigenvalue weighted by Gasteiger charge is 2.09. The van der Waals surface area contributed by atoms with Crippen molar-refractivity contribution in [2.24, 2.45) is 0 Å². The first-order chi connectivity index (χ1) is 8.21. The fourth-order valence-electron chi connectivity index (χ4n) is 1.43. The summed E-state index contributed by atoms with van der Waals surface area (Å²) in [5, 5.41) is 3.31. The topological polar surface area (TPSA) is 51.2 Å². The number of hydrogen-bond acceptors (Lipinski definition) is 5. The maximum Gasteiger partial charge on any atom is 0.338 e. The number of anilines is 1. The van der Waals surface area contributed by atoms with Crippen LogP contribution in [0.25, 0.3) is 0 Å². The smallest absolute Gasteiger partial charge is 0.338 e. The molecular weight excluding hydrogens is 236 g/mol. The van der Waals surface area contributed by atoms with Crippen molar-refractivity contribution >= 4 is 23.5 Å². The molecule has 0 aliphatic heterocycles. The summed E-state index contributed by atoms with van der Waals surface area (Å²) >= 11 is 1.79. The van der Waals surface area contributed by atoms with E-state index >= 15 is 0 Å². The third-order valence-corrected chi connectivity index (χ3v) is 3.13. The van der Waals surface area contributed by atoms with Crippen LogP contribution in [0.5, 0.6) is 0 Å². The molecule has 0 spiro atoms. The molecule has 0 fully saturated rings. The predicted octanol–water partition coefficient (Wildman–Crippen LogP) is 2.42. The number of rotatable bonds is 6. The Morgan fingerprint density at radius 1 is 1.65 bits per heavy atom. The summed E-state index contributed by atoms with van der Waals surface area (Å²) < 4.78 is 4.67. The van der Waals surface area contributed by atoms with Crippen LogP contribution in [0.15, 0.2) is 18.3 Å². The van der Waals surface area contributed by atoms with Crippen molar-refractivity contribution < 1.29 is 9.53 Å². The van der Waals surface area contributed by atoms with Gasteiger partial charge in [-0.25, -0.2) is 9.78 Å². The van der Waals surface area contributed by atoms with Crippen molar-refractivity contribution in [1.29, 1.82) is 0 Å². The van der Waals surface area contributed by atoms with Gasteiger partial charge in [-0.3, -0.25) is 0 Å². The molecule has 4 nitrogen and oxygen atoms in total. The van der Waals surface area contributed by atoms with Gasteiger partial charge in [-0.2, -0.15) is 11.8 Å². The highest BCUT2D eigenvalue weighted by molar-refractivity contribution is 7.98. The third-order valence-electron chi connectivity index (χ3n) is 2.39. The van der Waals surface area contributed by atoms with Gasteiger partial charge in [0.05, 0.1) is 12.7 Å². The van der Waals surface area contributed by atoms with Gasteiger partial charge in [-0.15, -0.1) is 0 Å². The molecule has 0 amide bonds. The number of esters is 1. The number of carbonyl (C=O) groups is 1. The second-order valence-corrected chi connectivity index (χ2v) is 4.54. The van der Waals surface area contributed by atoms with Gasteiger partial charge in [-0.1, -0.05) is 6.92 Å². The summed E-state index contributed by atoms with van der Waals surface area (Å²) in [4.78, 5) is 15.6. The quantitative estimate of drug-likeness (QED) is 0.790. The minimum absolute atomic E-state index is 0.339. The molecule has 0 saturated heterocycles. The molecule has 0 radical (unpaired) electrons. The Labute approximate surface area is 106 Å². The van der Waals surface area contributed by atoms with E-state index in [-0.39, 0.29) is 5.97 Å². The monoisotopic (exact) mass is 254 g/mol. The maximum atomic E-state index is 11.4. The number of carbonyl (C=O) groups excluding carboxylic acids is 1. The van der Waals surface area contributed by atoms with Crippen molar-refractivity contribution in [1.82, 2.24) is 4.98 Å². The van der Waals surface area contributed by atoms with E-state index in [1.165, 1.54) is 7.11 Å². The number of methoxy groups -OCH3 is 1. The lowest BCUT2D eigenvalue weighted by molar-refractivity contribution is 0.0600. The zero-order valence-electron chi connectivity index (χ0n) is 10.4. The molecule has 1 atom stereocenters. The van der Waals surface area contributed by atoms with Gasteiger partial charge >= 0.3 is 5.97 Å². The van der Waals surface area contributed by atoms with Crippen LogP contribution in [0, 0.1) is 0 Å². The SMILES string of the molecule is CCC(CSC)Nc1cc(C(=O)OC)ccn1. The summed E-state index contributed by atoms with van der Waals surface area (Å²) in [5.74, 6) is 1.39. The average molecular weight is 254 g/mol. The van der Waals surface area contributed by atoms with Crippen molar-refractivity contribution in [3.63, 3.8) is 0 Å². The second-order valence-electron chi connectivity index (χ2n) is 3.63. The fraction of sp³-hybridized carbons (Fsp3) is 0.500. The Bertz CT molecular complexity index is 371. The molecule has 0 aliphatic rings. The molecule has 1 unspecified atom stereocenters. The van der Waals surface area contributed by atoms with Crippen LogP contribution in [0.2, 0.25) is 0 Å². The number of nitrogens with one attached hydrogen (secondary N) is 1. The van der Waals surface area contributed by atoms with Crippen LogP contribution in [0.4, 0.5) is 5.82 Å². The lowest BCUT2D eigenvalue weighted by atomic mass is 10.2.